The van der Waals surface area contributed by atoms with Crippen LogP contribution in [0.5, 0.6) is 0 Å². The maximum Gasteiger partial charge on any atom is 0.252 e. The molecular weight excluding hydrogens is 1090 g/mol. The van der Waals surface area contributed by atoms with Crippen molar-refractivity contribution >= 4 is 79.0 Å². The zero-order valence-electron chi connectivity index (χ0n) is 54.3. The molecule has 4 aliphatic rings. The first-order valence-corrected chi connectivity index (χ1v) is 32.9. The van der Waals surface area contributed by atoms with Crippen LogP contribution in [0.1, 0.15) is 130 Å². The number of para-hydroxylation sites is 2. The quantitative estimate of drug-likeness (QED) is 0.147. The van der Waals surface area contributed by atoms with Crippen molar-refractivity contribution in [3.05, 3.63) is 264 Å². The van der Waals surface area contributed by atoms with E-state index >= 15 is 0 Å². The van der Waals surface area contributed by atoms with E-state index in [1.807, 2.05) is 0 Å². The molecule has 4 heteroatoms. The van der Waals surface area contributed by atoms with Gasteiger partial charge in [-0.15, -0.1) is 0 Å². The summed E-state index contributed by atoms with van der Waals surface area (Å²) in [5.74, 6) is 0. The highest BCUT2D eigenvalue weighted by Gasteiger charge is 2.45. The Morgan fingerprint density at radius 2 is 0.678 bits per heavy atom. The largest absolute Gasteiger partial charge is 0.311 e. The first kappa shape index (κ1) is 56.1. The van der Waals surface area contributed by atoms with Crippen LogP contribution in [0.3, 0.4) is 0 Å². The van der Waals surface area contributed by atoms with Crippen molar-refractivity contribution in [2.24, 2.45) is 0 Å². The molecule has 0 N–H and O–H groups in total. The van der Waals surface area contributed by atoms with Crippen LogP contribution in [-0.4, -0.2) is 11.3 Å². The summed E-state index contributed by atoms with van der Waals surface area (Å²) in [6.07, 6.45) is 4.76. The van der Waals surface area contributed by atoms with Crippen molar-refractivity contribution in [1.29, 1.82) is 0 Å². The molecule has 3 heterocycles. The van der Waals surface area contributed by atoms with Crippen LogP contribution >= 0.6 is 0 Å². The lowest BCUT2D eigenvalue weighted by molar-refractivity contribution is 0.332. The monoisotopic (exact) mass is 1170 g/mol. The number of aromatic nitrogens is 1. The average Bonchev–Trinajstić information content (AvgIpc) is 0.763. The Labute approximate surface area is 533 Å². The summed E-state index contributed by atoms with van der Waals surface area (Å²) in [6, 6.07) is 91.4. The number of fused-ring (bicyclic) bond motifs is 9. The first-order valence-electron chi connectivity index (χ1n) is 32.9. The maximum atomic E-state index is 2.61. The molecule has 0 atom stereocenters. The van der Waals surface area contributed by atoms with Gasteiger partial charge < -0.3 is 14.4 Å². The Bertz CT molecular complexity index is 4800. The lowest BCUT2D eigenvalue weighted by Crippen LogP contribution is -2.61. The van der Waals surface area contributed by atoms with E-state index in [0.29, 0.717) is 0 Å². The van der Waals surface area contributed by atoms with Crippen LogP contribution in [0.25, 0.3) is 72.0 Å². The Kier molecular flexibility index (Phi) is 12.6. The van der Waals surface area contributed by atoms with Crippen molar-refractivity contribution in [1.82, 2.24) is 4.57 Å². The third-order valence-electron chi connectivity index (χ3n) is 21.7. The third-order valence-corrected chi connectivity index (χ3v) is 21.7. The first-order chi connectivity index (χ1) is 43.2. The molecule has 12 aromatic rings. The fraction of sp³-hybridized carbons (Fsp3) is 0.233. The Morgan fingerprint density at radius 3 is 1.18 bits per heavy atom. The third kappa shape index (κ3) is 8.98. The minimum absolute atomic E-state index is 0.00919. The molecule has 1 aromatic heterocycles. The second-order valence-corrected chi connectivity index (χ2v) is 30.3. The van der Waals surface area contributed by atoms with Crippen LogP contribution in [0.4, 0.5) is 34.1 Å². The summed E-state index contributed by atoms with van der Waals surface area (Å²) < 4.78 is 2.48. The molecule has 0 saturated heterocycles. The van der Waals surface area contributed by atoms with Gasteiger partial charge in [-0.25, -0.2) is 0 Å². The molecule has 442 valence electrons. The number of hydrogen-bond donors (Lipinski definition) is 0. The Morgan fingerprint density at radius 1 is 0.311 bits per heavy atom. The molecule has 3 nitrogen and oxygen atoms in total. The van der Waals surface area contributed by atoms with Gasteiger partial charge in [0.15, 0.2) is 0 Å². The predicted octanol–water partition coefficient (Wildman–Crippen LogP) is 21.5. The molecule has 0 unspecified atom stereocenters. The number of rotatable bonds is 7. The zero-order valence-corrected chi connectivity index (χ0v) is 54.3. The van der Waals surface area contributed by atoms with E-state index in [-0.39, 0.29) is 33.8 Å². The van der Waals surface area contributed by atoms with Gasteiger partial charge in [0.1, 0.15) is 0 Å². The van der Waals surface area contributed by atoms with Gasteiger partial charge in [-0.3, -0.25) is 0 Å². The van der Waals surface area contributed by atoms with E-state index in [1.54, 1.807) is 0 Å². The fourth-order valence-electron chi connectivity index (χ4n) is 16.2. The highest BCUT2D eigenvalue weighted by Crippen LogP contribution is 2.52. The van der Waals surface area contributed by atoms with Gasteiger partial charge in [0.05, 0.1) is 11.0 Å². The van der Waals surface area contributed by atoms with E-state index < -0.39 is 0 Å². The van der Waals surface area contributed by atoms with Crippen molar-refractivity contribution in [2.45, 2.75) is 129 Å². The molecule has 90 heavy (non-hydrogen) atoms. The minimum Gasteiger partial charge on any atom is -0.311 e. The molecule has 11 aromatic carbocycles. The number of benzene rings is 11. The average molecular weight is 1170 g/mol. The highest BCUT2D eigenvalue weighted by atomic mass is 15.2. The van der Waals surface area contributed by atoms with Crippen molar-refractivity contribution in [2.75, 3.05) is 9.80 Å². The van der Waals surface area contributed by atoms with Gasteiger partial charge in [0, 0.05) is 50.6 Å². The Balaban J connectivity index is 0.943. The van der Waals surface area contributed by atoms with Gasteiger partial charge in [-0.2, -0.15) is 0 Å². The predicted molar refractivity (Wildman–Crippen MR) is 386 cm³/mol. The van der Waals surface area contributed by atoms with Crippen LogP contribution in [0.15, 0.2) is 237 Å². The topological polar surface area (TPSA) is 11.4 Å². The summed E-state index contributed by atoms with van der Waals surface area (Å²) in [5, 5.41) is 2.51. The Hall–Kier alpha value is -9.12. The summed E-state index contributed by atoms with van der Waals surface area (Å²) >= 11 is 0. The second-order valence-electron chi connectivity index (χ2n) is 30.3. The van der Waals surface area contributed by atoms with Crippen molar-refractivity contribution in [3.8, 4) is 50.2 Å². The van der Waals surface area contributed by atoms with Gasteiger partial charge >= 0.3 is 0 Å². The number of hydrogen-bond acceptors (Lipinski definition) is 2. The second kappa shape index (κ2) is 20.2. The number of nitrogens with zero attached hydrogens (tertiary/aromatic N) is 3. The summed E-state index contributed by atoms with van der Waals surface area (Å²) in [7, 11) is 0. The minimum atomic E-state index is -0.0911. The van der Waals surface area contributed by atoms with Gasteiger partial charge in [-0.05, 0) is 208 Å². The van der Waals surface area contributed by atoms with E-state index in [0.717, 1.165) is 17.1 Å². The molecule has 0 amide bonds. The van der Waals surface area contributed by atoms with E-state index in [1.165, 1.54) is 159 Å². The van der Waals surface area contributed by atoms with Crippen molar-refractivity contribution in [3.63, 3.8) is 0 Å². The zero-order chi connectivity index (χ0) is 61.8. The number of anilines is 6. The summed E-state index contributed by atoms with van der Waals surface area (Å²) in [4.78, 5) is 5.21. The van der Waals surface area contributed by atoms with E-state index in [2.05, 4.69) is 327 Å². The molecule has 2 aliphatic carbocycles. The maximum absolute atomic E-state index is 2.61. The van der Waals surface area contributed by atoms with Gasteiger partial charge in [0.2, 0.25) is 0 Å². The molecule has 2 aliphatic heterocycles. The van der Waals surface area contributed by atoms with Gasteiger partial charge in [0.25, 0.3) is 6.71 Å². The highest BCUT2D eigenvalue weighted by molar-refractivity contribution is 7.00. The van der Waals surface area contributed by atoms with Crippen molar-refractivity contribution < 1.29 is 0 Å². The van der Waals surface area contributed by atoms with Gasteiger partial charge in [-0.1, -0.05) is 246 Å². The molecule has 0 fully saturated rings. The van der Waals surface area contributed by atoms with Crippen LogP contribution < -0.4 is 26.2 Å². The molecule has 0 radical (unpaired) electrons. The standard InChI is InChI=1S/C86H80BN3/c1-82(2,3)63-34-25-58(26-35-63)62-52-79-81-80(53-62)89(65-38-29-57(30-39-65)60-32-42-70-72(50-60)86(10,11)48-46-84(70,6)7)78-54-66(90-75-23-17-15-21-67(75)68-22-16-18-24-76(68)90)40-44-74(78)87(81)73-43-33-61(55-19-13-12-14-20-55)51-77(73)88(79)64-36-27-56(28-37-64)59-31-41-69-71(49-59)85(8,9)47-45-83(69,4)5/h12-44,49-54H,45-48H2,1-11H3. The molecule has 0 saturated carbocycles. The lowest BCUT2D eigenvalue weighted by atomic mass is 9.33. The molecule has 0 bridgehead atoms. The fourth-order valence-corrected chi connectivity index (χ4v) is 16.2. The van der Waals surface area contributed by atoms with Crippen LogP contribution in [-0.2, 0) is 27.1 Å². The SMILES string of the molecule is CC(C)(C)c1ccc(-c2cc3c4c(c2)N(c2ccc(-c5ccc6c(c5)C(C)(C)CCC6(C)C)cc2)c2cc(-n5c6ccccc6c6ccccc65)ccc2B4c2ccc(-c4ccccc4)cc2N3c2ccc(-c3ccc4c(c3)C(C)(C)CCC4(C)C)cc2)cc1. The molecule has 16 rings (SSSR count). The van der Waals surface area contributed by atoms with E-state index in [9.17, 15) is 0 Å². The molecular formula is C86H80BN3. The lowest BCUT2D eigenvalue weighted by Gasteiger charge is -2.44. The summed E-state index contributed by atoms with van der Waals surface area (Å²) in [5.41, 5.74) is 31.9. The normalized spacial score (nSPS) is 16.5. The smallest absolute Gasteiger partial charge is 0.252 e. The van der Waals surface area contributed by atoms with E-state index in [4.69, 9.17) is 0 Å². The van der Waals surface area contributed by atoms with Crippen LogP contribution in [0.2, 0.25) is 0 Å². The molecule has 0 spiro atoms. The summed E-state index contributed by atoms with van der Waals surface area (Å²) in [6.45, 7) is 26.3. The van der Waals surface area contributed by atoms with Crippen LogP contribution in [0, 0.1) is 0 Å².